The number of nitrogens with zero attached hydrogens (tertiary/aromatic N) is 1. The summed E-state index contributed by atoms with van der Waals surface area (Å²) in [7, 11) is 0. The van der Waals surface area contributed by atoms with Gasteiger partial charge in [0.05, 0.1) is 0 Å². The Morgan fingerprint density at radius 1 is 1.16 bits per heavy atom. The topological polar surface area (TPSA) is 41.5 Å². The molecule has 0 atom stereocenters. The van der Waals surface area contributed by atoms with E-state index in [9.17, 15) is 4.79 Å². The van der Waals surface area contributed by atoms with Gasteiger partial charge in [-0.15, -0.1) is 0 Å². The van der Waals surface area contributed by atoms with Gasteiger partial charge in [-0.1, -0.05) is 41.6 Å². The molecule has 4 heteroatoms. The maximum Gasteiger partial charge on any atom is 0.185 e. The van der Waals surface area contributed by atoms with E-state index in [0.717, 1.165) is 35.1 Å². The molecule has 0 spiro atoms. The zero-order chi connectivity index (χ0) is 17.6. The molecule has 2 aromatic rings. The van der Waals surface area contributed by atoms with E-state index in [1.807, 2.05) is 36.4 Å². The van der Waals surface area contributed by atoms with Crippen molar-refractivity contribution in [3.63, 3.8) is 0 Å². The second-order valence-electron chi connectivity index (χ2n) is 6.15. The summed E-state index contributed by atoms with van der Waals surface area (Å²) in [6, 6.07) is 13.8. The molecule has 3 rings (SSSR count). The van der Waals surface area contributed by atoms with Crippen LogP contribution in [0.4, 0.5) is 5.69 Å². The summed E-state index contributed by atoms with van der Waals surface area (Å²) in [6.07, 6.45) is 4.66. The van der Waals surface area contributed by atoms with Crippen molar-refractivity contribution in [3.8, 4) is 0 Å². The molecule has 1 heterocycles. The Morgan fingerprint density at radius 3 is 2.64 bits per heavy atom. The van der Waals surface area contributed by atoms with Gasteiger partial charge in [-0.05, 0) is 61.7 Å². The molecule has 1 N–H and O–H groups in total. The van der Waals surface area contributed by atoms with Crippen LogP contribution in [-0.4, -0.2) is 23.2 Å². The summed E-state index contributed by atoms with van der Waals surface area (Å²) in [6.45, 7) is 5.01. The number of aliphatic imine (C=N–C) groups is 1. The molecule has 2 aromatic carbocycles. The van der Waals surface area contributed by atoms with Crippen molar-refractivity contribution in [1.29, 1.82) is 0 Å². The molecule has 0 radical (unpaired) electrons. The van der Waals surface area contributed by atoms with E-state index >= 15 is 0 Å². The van der Waals surface area contributed by atoms with Crippen LogP contribution >= 0.6 is 11.8 Å². The number of rotatable bonds is 4. The maximum absolute atomic E-state index is 12.4. The summed E-state index contributed by atoms with van der Waals surface area (Å²) in [5.41, 5.74) is 5.12. The molecule has 3 nitrogen and oxygen atoms in total. The van der Waals surface area contributed by atoms with Crippen molar-refractivity contribution in [2.75, 3.05) is 17.6 Å². The highest BCUT2D eigenvalue weighted by atomic mass is 32.2. The van der Waals surface area contributed by atoms with E-state index in [0.29, 0.717) is 5.56 Å². The maximum atomic E-state index is 12.4. The predicted octanol–water partition coefficient (Wildman–Crippen LogP) is 5.10. The first-order valence-corrected chi connectivity index (χ1v) is 9.44. The highest BCUT2D eigenvalue weighted by Gasteiger charge is 2.07. The van der Waals surface area contributed by atoms with Crippen LogP contribution in [0.25, 0.3) is 6.08 Å². The van der Waals surface area contributed by atoms with Gasteiger partial charge in [-0.25, -0.2) is 0 Å². The Bertz CT molecular complexity index is 822. The molecule has 0 saturated carbocycles. The predicted molar refractivity (Wildman–Crippen MR) is 109 cm³/mol. The van der Waals surface area contributed by atoms with Crippen LogP contribution < -0.4 is 5.32 Å². The summed E-state index contributed by atoms with van der Waals surface area (Å²) < 4.78 is 0. The Labute approximate surface area is 153 Å². The smallest absolute Gasteiger partial charge is 0.185 e. The molecule has 1 aliphatic rings. The van der Waals surface area contributed by atoms with E-state index in [1.54, 1.807) is 17.8 Å². The van der Waals surface area contributed by atoms with Crippen LogP contribution in [0.5, 0.6) is 0 Å². The van der Waals surface area contributed by atoms with Gasteiger partial charge in [0, 0.05) is 23.5 Å². The number of ketones is 1. The number of thioether (sulfide) groups is 1. The molecular formula is C21H22N2OS. The van der Waals surface area contributed by atoms with E-state index < -0.39 is 0 Å². The minimum absolute atomic E-state index is 0.0101. The van der Waals surface area contributed by atoms with Gasteiger partial charge in [-0.3, -0.25) is 9.79 Å². The van der Waals surface area contributed by atoms with Gasteiger partial charge in [0.1, 0.15) is 0 Å². The van der Waals surface area contributed by atoms with Crippen LogP contribution in [0.1, 0.15) is 33.5 Å². The Kier molecular flexibility index (Phi) is 5.71. The first kappa shape index (κ1) is 17.5. The number of carbonyl (C=O) groups excluding carboxylic acids is 1. The third-order valence-electron chi connectivity index (χ3n) is 4.06. The van der Waals surface area contributed by atoms with Crippen molar-refractivity contribution in [3.05, 3.63) is 70.8 Å². The number of amidine groups is 1. The molecule has 128 valence electrons. The molecule has 1 aliphatic heterocycles. The number of aryl methyl sites for hydroxylation is 2. The number of hydrogen-bond donors (Lipinski definition) is 1. The van der Waals surface area contributed by atoms with Gasteiger partial charge < -0.3 is 5.32 Å². The van der Waals surface area contributed by atoms with Crippen LogP contribution in [-0.2, 0) is 0 Å². The zero-order valence-corrected chi connectivity index (χ0v) is 15.4. The second-order valence-corrected chi connectivity index (χ2v) is 7.23. The average molecular weight is 350 g/mol. The van der Waals surface area contributed by atoms with Crippen molar-refractivity contribution >= 4 is 34.5 Å². The Hall–Kier alpha value is -2.33. The van der Waals surface area contributed by atoms with Crippen LogP contribution in [0.2, 0.25) is 0 Å². The van der Waals surface area contributed by atoms with Crippen LogP contribution in [0, 0.1) is 13.8 Å². The number of anilines is 1. The van der Waals surface area contributed by atoms with Gasteiger partial charge >= 0.3 is 0 Å². The lowest BCUT2D eigenvalue weighted by molar-refractivity contribution is 0.104. The van der Waals surface area contributed by atoms with Crippen molar-refractivity contribution < 1.29 is 4.79 Å². The number of carbonyl (C=O) groups is 1. The molecule has 0 unspecified atom stereocenters. The van der Waals surface area contributed by atoms with Crippen molar-refractivity contribution in [2.24, 2.45) is 4.99 Å². The molecule has 0 aromatic heterocycles. The fourth-order valence-electron chi connectivity index (χ4n) is 2.65. The Balaban J connectivity index is 1.66. The molecule has 0 fully saturated rings. The summed E-state index contributed by atoms with van der Waals surface area (Å²) in [5.74, 6) is 1.11. The van der Waals surface area contributed by atoms with E-state index in [1.165, 1.54) is 11.1 Å². The average Bonchev–Trinajstić information content (AvgIpc) is 2.62. The van der Waals surface area contributed by atoms with E-state index in [2.05, 4.69) is 36.3 Å². The van der Waals surface area contributed by atoms with Gasteiger partial charge in [-0.2, -0.15) is 0 Å². The molecular weight excluding hydrogens is 328 g/mol. The normalized spacial score (nSPS) is 14.4. The largest absolute Gasteiger partial charge is 0.335 e. The van der Waals surface area contributed by atoms with Crippen molar-refractivity contribution in [2.45, 2.75) is 20.3 Å². The quantitative estimate of drug-likeness (QED) is 0.616. The summed E-state index contributed by atoms with van der Waals surface area (Å²) in [4.78, 5) is 16.8. The molecule has 0 saturated heterocycles. The summed E-state index contributed by atoms with van der Waals surface area (Å²) >= 11 is 1.74. The van der Waals surface area contributed by atoms with Gasteiger partial charge in [0.2, 0.25) is 0 Å². The van der Waals surface area contributed by atoms with E-state index in [-0.39, 0.29) is 5.78 Å². The third-order valence-corrected chi connectivity index (χ3v) is 5.05. The number of allylic oxidation sites excluding steroid dienone is 1. The molecule has 25 heavy (non-hydrogen) atoms. The lowest BCUT2D eigenvalue weighted by Crippen LogP contribution is -2.13. The number of hydrogen-bond acceptors (Lipinski definition) is 4. The van der Waals surface area contributed by atoms with Crippen LogP contribution in [0.3, 0.4) is 0 Å². The lowest BCUT2D eigenvalue weighted by Gasteiger charge is -2.13. The Morgan fingerprint density at radius 2 is 1.96 bits per heavy atom. The number of nitrogens with one attached hydrogen (secondary N) is 1. The molecule has 0 aliphatic carbocycles. The van der Waals surface area contributed by atoms with Crippen molar-refractivity contribution in [1.82, 2.24) is 0 Å². The van der Waals surface area contributed by atoms with Gasteiger partial charge in [0.15, 0.2) is 11.0 Å². The monoisotopic (exact) mass is 350 g/mol. The first-order valence-electron chi connectivity index (χ1n) is 8.46. The third kappa shape index (κ3) is 4.83. The zero-order valence-electron chi connectivity index (χ0n) is 14.6. The second kappa shape index (κ2) is 8.17. The fraction of sp³-hybridized carbons (Fsp3) is 0.238. The minimum atomic E-state index is 0.0101. The van der Waals surface area contributed by atoms with E-state index in [4.69, 9.17) is 0 Å². The fourth-order valence-corrected chi connectivity index (χ4v) is 3.49. The molecule has 0 amide bonds. The highest BCUT2D eigenvalue weighted by Crippen LogP contribution is 2.18. The van der Waals surface area contributed by atoms with Gasteiger partial charge in [0.25, 0.3) is 0 Å². The lowest BCUT2D eigenvalue weighted by atomic mass is 10.0. The number of benzene rings is 2. The highest BCUT2D eigenvalue weighted by molar-refractivity contribution is 8.14. The minimum Gasteiger partial charge on any atom is -0.335 e. The standard InChI is InChI=1S/C21H22N2OS/c1-15-4-5-17(16(2)14-15)8-11-20(24)18-6-9-19(10-7-18)23-21-22-12-3-13-25-21/h4-11,14H,3,12-13H2,1-2H3,(H,22,23)/b11-8+. The summed E-state index contributed by atoms with van der Waals surface area (Å²) in [5, 5.41) is 4.26. The van der Waals surface area contributed by atoms with Crippen LogP contribution in [0.15, 0.2) is 53.5 Å². The SMILES string of the molecule is Cc1ccc(/C=C/C(=O)c2ccc(NC3=NCCCS3)cc2)c(C)c1. The molecule has 0 bridgehead atoms. The first-order chi connectivity index (χ1) is 12.1.